The van der Waals surface area contributed by atoms with Gasteiger partial charge in [0.1, 0.15) is 0 Å². The lowest BCUT2D eigenvalue weighted by Crippen LogP contribution is -2.35. The highest BCUT2D eigenvalue weighted by atomic mass is 32.2. The van der Waals surface area contributed by atoms with Crippen LogP contribution in [-0.2, 0) is 15.6 Å². The van der Waals surface area contributed by atoms with Crippen LogP contribution in [0.5, 0.6) is 0 Å². The molecule has 2 aromatic rings. The largest absolute Gasteiger partial charge is 0.366 e. The number of rotatable bonds is 6. The average Bonchev–Trinajstić information content (AvgIpc) is 3.40. The number of carbonyl (C=O) groups is 1. The summed E-state index contributed by atoms with van der Waals surface area (Å²) in [6, 6.07) is 6.47. The molecule has 2 heterocycles. The van der Waals surface area contributed by atoms with E-state index in [2.05, 4.69) is 22.0 Å². The van der Waals surface area contributed by atoms with Gasteiger partial charge >= 0.3 is 0 Å². The second-order valence-corrected chi connectivity index (χ2v) is 9.76. The van der Waals surface area contributed by atoms with Crippen LogP contribution in [0.4, 0.5) is 5.95 Å². The summed E-state index contributed by atoms with van der Waals surface area (Å²) in [5.41, 5.74) is 6.18. The van der Waals surface area contributed by atoms with Gasteiger partial charge in [-0.05, 0) is 49.3 Å². The molecule has 4 rings (SSSR count). The molecule has 0 spiro atoms. The number of aromatic nitrogens is 3. The van der Waals surface area contributed by atoms with Crippen LogP contribution in [0.2, 0.25) is 0 Å². The van der Waals surface area contributed by atoms with Crippen LogP contribution < -0.4 is 10.6 Å². The van der Waals surface area contributed by atoms with E-state index in [1.54, 1.807) is 24.3 Å². The number of hydrogen-bond donors (Lipinski definition) is 1. The van der Waals surface area contributed by atoms with Gasteiger partial charge in [0.25, 0.3) is 5.16 Å². The molecule has 1 aliphatic carbocycles. The predicted molar refractivity (Wildman–Crippen MR) is 105 cm³/mol. The van der Waals surface area contributed by atoms with E-state index in [1.165, 1.54) is 0 Å². The molecule has 150 valence electrons. The normalized spacial score (nSPS) is 18.4. The van der Waals surface area contributed by atoms with Gasteiger partial charge in [-0.3, -0.25) is 9.36 Å². The molecule has 1 saturated heterocycles. The van der Waals surface area contributed by atoms with Gasteiger partial charge in [0.05, 0.1) is 5.75 Å². The number of primary amides is 1. The third-order valence-electron chi connectivity index (χ3n) is 5.50. The molecule has 0 bridgehead atoms. The van der Waals surface area contributed by atoms with Crippen molar-refractivity contribution in [2.75, 3.05) is 18.0 Å². The molecule has 0 unspecified atom stereocenters. The van der Waals surface area contributed by atoms with Gasteiger partial charge in [-0.25, -0.2) is 8.42 Å². The van der Waals surface area contributed by atoms with Crippen molar-refractivity contribution in [1.82, 2.24) is 14.8 Å². The number of sulfone groups is 1. The SMILES string of the molecule is CC1CCN(c2nnc(S(=O)(=O)Cc3ccc(C(N)=O)cc3)n2C2CC2)CC1. The van der Waals surface area contributed by atoms with Gasteiger partial charge in [-0.2, -0.15) is 0 Å². The minimum Gasteiger partial charge on any atom is -0.366 e. The number of nitrogens with zero attached hydrogens (tertiary/aromatic N) is 4. The number of nitrogens with two attached hydrogens (primary N) is 1. The highest BCUT2D eigenvalue weighted by molar-refractivity contribution is 7.90. The molecule has 28 heavy (non-hydrogen) atoms. The fourth-order valence-electron chi connectivity index (χ4n) is 3.61. The summed E-state index contributed by atoms with van der Waals surface area (Å²) < 4.78 is 28.0. The van der Waals surface area contributed by atoms with Gasteiger partial charge in [0.2, 0.25) is 21.7 Å². The molecule has 1 aromatic heterocycles. The molecule has 1 saturated carbocycles. The van der Waals surface area contributed by atoms with Crippen LogP contribution in [0, 0.1) is 5.92 Å². The molecule has 2 aliphatic rings. The fraction of sp³-hybridized carbons (Fsp3) is 0.526. The highest BCUT2D eigenvalue weighted by Gasteiger charge is 2.36. The quantitative estimate of drug-likeness (QED) is 0.789. The van der Waals surface area contributed by atoms with Gasteiger partial charge in [-0.1, -0.05) is 19.1 Å². The number of carbonyl (C=O) groups excluding carboxylic acids is 1. The van der Waals surface area contributed by atoms with Crippen molar-refractivity contribution in [3.05, 3.63) is 35.4 Å². The summed E-state index contributed by atoms with van der Waals surface area (Å²) in [5, 5.41) is 8.41. The first-order valence-electron chi connectivity index (χ1n) is 9.66. The summed E-state index contributed by atoms with van der Waals surface area (Å²) in [6.07, 6.45) is 4.05. The Morgan fingerprint density at radius 2 is 1.75 bits per heavy atom. The molecule has 2 fully saturated rings. The van der Waals surface area contributed by atoms with E-state index in [0.717, 1.165) is 38.8 Å². The summed E-state index contributed by atoms with van der Waals surface area (Å²) >= 11 is 0. The molecule has 1 aliphatic heterocycles. The Labute approximate surface area is 164 Å². The number of hydrogen-bond acceptors (Lipinski definition) is 6. The van der Waals surface area contributed by atoms with E-state index in [4.69, 9.17) is 5.73 Å². The molecule has 9 heteroatoms. The van der Waals surface area contributed by atoms with E-state index >= 15 is 0 Å². The molecular weight excluding hydrogens is 378 g/mol. The summed E-state index contributed by atoms with van der Waals surface area (Å²) in [5.74, 6) is 0.633. The maximum atomic E-state index is 13.1. The van der Waals surface area contributed by atoms with Gasteiger partial charge < -0.3 is 10.6 Å². The number of piperidine rings is 1. The molecule has 1 amide bonds. The van der Waals surface area contributed by atoms with E-state index in [-0.39, 0.29) is 17.0 Å². The maximum absolute atomic E-state index is 13.1. The topological polar surface area (TPSA) is 111 Å². The van der Waals surface area contributed by atoms with E-state index in [0.29, 0.717) is 23.0 Å². The zero-order chi connectivity index (χ0) is 19.9. The summed E-state index contributed by atoms with van der Waals surface area (Å²) in [4.78, 5) is 13.4. The van der Waals surface area contributed by atoms with Gasteiger partial charge in [0.15, 0.2) is 0 Å². The second-order valence-electron chi connectivity index (χ2n) is 7.87. The van der Waals surface area contributed by atoms with Crippen molar-refractivity contribution < 1.29 is 13.2 Å². The Hall–Kier alpha value is -2.42. The molecule has 0 atom stereocenters. The lowest BCUT2D eigenvalue weighted by molar-refractivity contribution is 0.100. The summed E-state index contributed by atoms with van der Waals surface area (Å²) in [7, 11) is -3.66. The van der Waals surface area contributed by atoms with Gasteiger partial charge in [0, 0.05) is 24.7 Å². The molecule has 0 radical (unpaired) electrons. The number of anilines is 1. The van der Waals surface area contributed by atoms with E-state index < -0.39 is 15.7 Å². The van der Waals surface area contributed by atoms with Crippen molar-refractivity contribution >= 4 is 21.7 Å². The Balaban J connectivity index is 1.61. The molecule has 2 N–H and O–H groups in total. The third-order valence-corrected chi connectivity index (χ3v) is 7.05. The van der Waals surface area contributed by atoms with Crippen LogP contribution in [-0.4, -0.2) is 42.2 Å². The maximum Gasteiger partial charge on any atom is 0.251 e. The minimum absolute atomic E-state index is 0.0441. The number of benzene rings is 1. The zero-order valence-corrected chi connectivity index (χ0v) is 16.7. The smallest absolute Gasteiger partial charge is 0.251 e. The lowest BCUT2D eigenvalue weighted by atomic mass is 10.00. The Kier molecular flexibility index (Phi) is 4.86. The predicted octanol–water partition coefficient (Wildman–Crippen LogP) is 1.92. The van der Waals surface area contributed by atoms with Crippen LogP contribution in [0.3, 0.4) is 0 Å². The highest BCUT2D eigenvalue weighted by Crippen LogP contribution is 2.40. The summed E-state index contributed by atoms with van der Waals surface area (Å²) in [6.45, 7) is 3.99. The Bertz CT molecular complexity index is 971. The zero-order valence-electron chi connectivity index (χ0n) is 15.9. The van der Waals surface area contributed by atoms with E-state index in [1.807, 2.05) is 4.57 Å². The van der Waals surface area contributed by atoms with Crippen LogP contribution >= 0.6 is 0 Å². The first kappa shape index (κ1) is 18.9. The lowest BCUT2D eigenvalue weighted by Gasteiger charge is -2.31. The third kappa shape index (κ3) is 3.76. The van der Waals surface area contributed by atoms with Crippen molar-refractivity contribution in [2.45, 2.75) is 49.6 Å². The van der Waals surface area contributed by atoms with Crippen LogP contribution in [0.25, 0.3) is 0 Å². The monoisotopic (exact) mass is 403 g/mol. The molecule has 1 aromatic carbocycles. The minimum atomic E-state index is -3.66. The fourth-order valence-corrected chi connectivity index (χ4v) is 5.06. The second kappa shape index (κ2) is 7.20. The van der Waals surface area contributed by atoms with E-state index in [9.17, 15) is 13.2 Å². The van der Waals surface area contributed by atoms with Crippen LogP contribution in [0.1, 0.15) is 54.6 Å². The van der Waals surface area contributed by atoms with Crippen molar-refractivity contribution in [3.8, 4) is 0 Å². The molecule has 8 nitrogen and oxygen atoms in total. The van der Waals surface area contributed by atoms with Crippen LogP contribution in [0.15, 0.2) is 29.4 Å². The van der Waals surface area contributed by atoms with Crippen molar-refractivity contribution in [3.63, 3.8) is 0 Å². The van der Waals surface area contributed by atoms with Crippen molar-refractivity contribution in [1.29, 1.82) is 0 Å². The first-order chi connectivity index (χ1) is 13.3. The number of amides is 1. The van der Waals surface area contributed by atoms with Gasteiger partial charge in [-0.15, -0.1) is 10.2 Å². The average molecular weight is 404 g/mol. The Morgan fingerprint density at radius 3 is 2.32 bits per heavy atom. The molecular formula is C19H25N5O3S. The standard InChI is InChI=1S/C19H25N5O3S/c1-13-8-10-23(11-9-13)18-21-22-19(24(18)16-6-7-16)28(26,27)12-14-2-4-15(5-3-14)17(20)25/h2-5,13,16H,6-12H2,1H3,(H2,20,25). The Morgan fingerprint density at radius 1 is 1.11 bits per heavy atom. The first-order valence-corrected chi connectivity index (χ1v) is 11.3. The van der Waals surface area contributed by atoms with Crippen molar-refractivity contribution in [2.24, 2.45) is 11.7 Å².